The molecule has 0 radical (unpaired) electrons. The molecule has 0 aromatic carbocycles. The molecule has 5 N–H and O–H groups in total. The van der Waals surface area contributed by atoms with Crippen molar-refractivity contribution in [1.29, 1.82) is 0 Å². The van der Waals surface area contributed by atoms with Gasteiger partial charge in [-0.05, 0) is 39.5 Å². The summed E-state index contributed by atoms with van der Waals surface area (Å²) in [5.74, 6) is 0. The van der Waals surface area contributed by atoms with Gasteiger partial charge < -0.3 is 21.2 Å². The van der Waals surface area contributed by atoms with Gasteiger partial charge in [-0.25, -0.2) is 4.79 Å². The van der Waals surface area contributed by atoms with Gasteiger partial charge in [-0.3, -0.25) is 0 Å². The van der Waals surface area contributed by atoms with Crippen LogP contribution in [0, 0.1) is 0 Å². The SMILES string of the molecule is CC(O)N(OC(=O)N(S)S)C(C)O.N. The molecule has 0 spiro atoms. The van der Waals surface area contributed by atoms with Crippen molar-refractivity contribution in [2.75, 3.05) is 0 Å². The van der Waals surface area contributed by atoms with Crippen LogP contribution in [0.3, 0.4) is 0 Å². The molecule has 0 saturated carbocycles. The molecule has 0 heterocycles. The monoisotopic (exact) mass is 245 g/mol. The van der Waals surface area contributed by atoms with E-state index in [1.54, 1.807) is 0 Å². The molecule has 0 bridgehead atoms. The molecule has 2 atom stereocenters. The van der Waals surface area contributed by atoms with Crippen LogP contribution in [0.15, 0.2) is 0 Å². The van der Waals surface area contributed by atoms with Gasteiger partial charge in [-0.15, -0.1) is 0 Å². The van der Waals surface area contributed by atoms with Crippen LogP contribution >= 0.6 is 25.6 Å². The number of thiol groups is 2. The predicted octanol–water partition coefficient (Wildman–Crippen LogP) is 0.170. The van der Waals surface area contributed by atoms with Crippen LogP contribution in [0.2, 0.25) is 0 Å². The Morgan fingerprint density at radius 1 is 1.29 bits per heavy atom. The highest BCUT2D eigenvalue weighted by atomic mass is 32.2. The highest BCUT2D eigenvalue weighted by Crippen LogP contribution is 2.07. The van der Waals surface area contributed by atoms with E-state index in [9.17, 15) is 4.79 Å². The quantitative estimate of drug-likeness (QED) is 0.275. The van der Waals surface area contributed by atoms with Crippen molar-refractivity contribution in [2.45, 2.75) is 26.3 Å². The van der Waals surface area contributed by atoms with Crippen LogP contribution in [-0.4, -0.2) is 37.5 Å². The Labute approximate surface area is 93.3 Å². The van der Waals surface area contributed by atoms with Crippen molar-refractivity contribution in [3.8, 4) is 0 Å². The second-order valence-electron chi connectivity index (χ2n) is 2.27. The lowest BCUT2D eigenvalue weighted by atomic mass is 10.5. The summed E-state index contributed by atoms with van der Waals surface area (Å²) in [6.07, 6.45) is -3.16. The maximum atomic E-state index is 10.8. The van der Waals surface area contributed by atoms with Crippen LogP contribution in [0.25, 0.3) is 0 Å². The minimum atomic E-state index is -1.12. The number of rotatable bonds is 3. The van der Waals surface area contributed by atoms with E-state index < -0.39 is 18.5 Å². The average molecular weight is 245 g/mol. The minimum Gasteiger partial charge on any atom is -0.375 e. The number of hydrogen-bond acceptors (Lipinski definition) is 8. The molecule has 1 amide bonds. The Morgan fingerprint density at radius 2 is 1.64 bits per heavy atom. The highest BCUT2D eigenvalue weighted by molar-refractivity contribution is 7.94. The molecule has 0 aromatic rings. The van der Waals surface area contributed by atoms with Crippen molar-refractivity contribution in [2.24, 2.45) is 0 Å². The Hall–Kier alpha value is -0.190. The summed E-state index contributed by atoms with van der Waals surface area (Å²) in [5.41, 5.74) is 0. The van der Waals surface area contributed by atoms with Gasteiger partial charge in [-0.1, -0.05) is 5.06 Å². The van der Waals surface area contributed by atoms with Gasteiger partial charge in [0, 0.05) is 0 Å². The first-order valence-corrected chi connectivity index (χ1v) is 4.20. The Morgan fingerprint density at radius 3 is 1.86 bits per heavy atom. The van der Waals surface area contributed by atoms with Crippen molar-refractivity contribution in [3.63, 3.8) is 0 Å². The molecular weight excluding hydrogens is 230 g/mol. The second-order valence-corrected chi connectivity index (χ2v) is 3.39. The summed E-state index contributed by atoms with van der Waals surface area (Å²) in [7, 11) is 0. The van der Waals surface area contributed by atoms with E-state index in [4.69, 9.17) is 10.2 Å². The number of carbonyl (C=O) groups excluding carboxylic acids is 1. The molecular formula is C5H15N3O4S2. The number of carbonyl (C=O) groups is 1. The largest absolute Gasteiger partial charge is 0.449 e. The smallest absolute Gasteiger partial charge is 0.375 e. The standard InChI is InChI=1S/C5H12N2O4S2.H3N/c1-3(8)6(4(2)9)11-5(10)7(12)13;/h3-4,8-9,12-13H,1-2H3;1H3. The van der Waals surface area contributed by atoms with Crippen molar-refractivity contribution in [3.05, 3.63) is 0 Å². The number of aliphatic hydroxyl groups excluding tert-OH is 2. The third-order valence-corrected chi connectivity index (χ3v) is 1.41. The fourth-order valence-electron chi connectivity index (χ4n) is 0.591. The van der Waals surface area contributed by atoms with Gasteiger partial charge in [0.25, 0.3) is 0 Å². The topological polar surface area (TPSA) is 108 Å². The molecule has 2 unspecified atom stereocenters. The maximum Gasteiger partial charge on any atom is 0.449 e. The molecule has 0 saturated heterocycles. The van der Waals surface area contributed by atoms with Crippen LogP contribution in [0.5, 0.6) is 0 Å². The highest BCUT2D eigenvalue weighted by Gasteiger charge is 2.22. The predicted molar refractivity (Wildman–Crippen MR) is 56.5 cm³/mol. The van der Waals surface area contributed by atoms with Crippen LogP contribution in [0.4, 0.5) is 4.79 Å². The van der Waals surface area contributed by atoms with Crippen LogP contribution in [0.1, 0.15) is 13.8 Å². The molecule has 86 valence electrons. The summed E-state index contributed by atoms with van der Waals surface area (Å²) in [6, 6.07) is 0. The van der Waals surface area contributed by atoms with Gasteiger partial charge in [0.15, 0.2) is 0 Å². The third-order valence-electron chi connectivity index (χ3n) is 1.08. The first-order valence-electron chi connectivity index (χ1n) is 3.40. The summed E-state index contributed by atoms with van der Waals surface area (Å²) in [5, 5.41) is 18.8. The summed E-state index contributed by atoms with van der Waals surface area (Å²) in [4.78, 5) is 15.4. The van der Waals surface area contributed by atoms with Gasteiger partial charge in [-0.2, -0.15) is 3.71 Å². The molecule has 14 heavy (non-hydrogen) atoms. The van der Waals surface area contributed by atoms with E-state index >= 15 is 0 Å². The third kappa shape index (κ3) is 5.52. The van der Waals surface area contributed by atoms with Gasteiger partial charge in [0.2, 0.25) is 0 Å². The lowest BCUT2D eigenvalue weighted by molar-refractivity contribution is -0.256. The van der Waals surface area contributed by atoms with Crippen LogP contribution < -0.4 is 6.15 Å². The van der Waals surface area contributed by atoms with E-state index in [0.29, 0.717) is 8.77 Å². The first-order chi connectivity index (χ1) is 5.86. The molecule has 0 aliphatic rings. The molecule has 0 fully saturated rings. The van der Waals surface area contributed by atoms with Gasteiger partial charge in [0.05, 0.1) is 0 Å². The fraction of sp³-hybridized carbons (Fsp3) is 0.800. The van der Waals surface area contributed by atoms with E-state index in [1.165, 1.54) is 13.8 Å². The van der Waals surface area contributed by atoms with E-state index in [-0.39, 0.29) is 6.15 Å². The second kappa shape index (κ2) is 7.15. The molecule has 9 heteroatoms. The van der Waals surface area contributed by atoms with Crippen LogP contribution in [-0.2, 0) is 4.84 Å². The zero-order valence-electron chi connectivity index (χ0n) is 7.86. The number of nitrogens with zero attached hydrogens (tertiary/aromatic N) is 2. The molecule has 0 rings (SSSR count). The number of amides is 1. The fourth-order valence-corrected chi connectivity index (χ4v) is 0.664. The van der Waals surface area contributed by atoms with Crippen molar-refractivity contribution >= 4 is 31.7 Å². The van der Waals surface area contributed by atoms with E-state index in [1.807, 2.05) is 0 Å². The Kier molecular flexibility index (Phi) is 8.30. The minimum absolute atomic E-state index is 0. The first kappa shape index (κ1) is 16.2. The van der Waals surface area contributed by atoms with Crippen molar-refractivity contribution in [1.82, 2.24) is 14.9 Å². The number of aliphatic hydroxyl groups is 2. The zero-order valence-corrected chi connectivity index (χ0v) is 9.65. The summed E-state index contributed by atoms with van der Waals surface area (Å²) < 4.78 is 0.581. The Balaban J connectivity index is 0. The summed E-state index contributed by atoms with van der Waals surface area (Å²) >= 11 is 7.07. The normalized spacial score (nSPS) is 14.2. The number of hydrogen-bond donors (Lipinski definition) is 5. The van der Waals surface area contributed by atoms with E-state index in [0.717, 1.165) is 0 Å². The van der Waals surface area contributed by atoms with Crippen molar-refractivity contribution < 1.29 is 19.8 Å². The van der Waals surface area contributed by atoms with Gasteiger partial charge in [0.1, 0.15) is 12.5 Å². The molecule has 7 nitrogen and oxygen atoms in total. The Bertz CT molecular complexity index is 170. The maximum absolute atomic E-state index is 10.8. The van der Waals surface area contributed by atoms with Gasteiger partial charge >= 0.3 is 6.09 Å². The molecule has 0 aliphatic carbocycles. The zero-order chi connectivity index (χ0) is 10.6. The molecule has 0 aliphatic heterocycles. The van der Waals surface area contributed by atoms with E-state index in [2.05, 4.69) is 30.5 Å². The number of hydroxylamine groups is 2. The lowest BCUT2D eigenvalue weighted by Gasteiger charge is -2.26. The average Bonchev–Trinajstić information content (AvgIpc) is 1.97. The summed E-state index contributed by atoms with van der Waals surface area (Å²) in [6.45, 7) is 2.67. The molecule has 0 aromatic heterocycles. The lowest BCUT2D eigenvalue weighted by Crippen LogP contribution is -2.42.